The van der Waals surface area contributed by atoms with Crippen molar-refractivity contribution in [3.63, 3.8) is 0 Å². The average Bonchev–Trinajstić information content (AvgIpc) is 2.30. The maximum atomic E-state index is 10.9. The van der Waals surface area contributed by atoms with Gasteiger partial charge >= 0.3 is 0 Å². The van der Waals surface area contributed by atoms with Crippen molar-refractivity contribution in [2.75, 3.05) is 6.26 Å². The van der Waals surface area contributed by atoms with Crippen LogP contribution >= 0.6 is 22.9 Å². The first kappa shape index (κ1) is 9.88. The summed E-state index contributed by atoms with van der Waals surface area (Å²) in [6.45, 7) is 1.72. The molecule has 1 unspecified atom stereocenters. The second kappa shape index (κ2) is 3.27. The number of sulfone groups is 1. The fraction of sp³-hybridized carbons (Fsp3) is 0.600. The molecule has 7 heteroatoms. The molecule has 0 fully saturated rings. The van der Waals surface area contributed by atoms with E-state index in [1.807, 2.05) is 0 Å². The molecule has 0 saturated heterocycles. The largest absolute Gasteiger partial charge is 0.232 e. The first-order chi connectivity index (χ1) is 5.41. The maximum absolute atomic E-state index is 10.9. The Labute approximate surface area is 79.5 Å². The highest BCUT2D eigenvalue weighted by Gasteiger charge is 2.16. The van der Waals surface area contributed by atoms with Crippen molar-refractivity contribution in [1.29, 1.82) is 0 Å². The second-order valence-electron chi connectivity index (χ2n) is 2.29. The van der Waals surface area contributed by atoms with Gasteiger partial charge in [0, 0.05) is 6.26 Å². The molecular formula is C5H7ClN2O2S2. The van der Waals surface area contributed by atoms with Crippen molar-refractivity contribution in [2.45, 2.75) is 16.6 Å². The molecule has 0 aliphatic rings. The molecular weight excluding hydrogens is 220 g/mol. The van der Waals surface area contributed by atoms with Gasteiger partial charge in [0.25, 0.3) is 0 Å². The molecule has 1 heterocycles. The van der Waals surface area contributed by atoms with Crippen molar-refractivity contribution in [3.05, 3.63) is 5.01 Å². The van der Waals surface area contributed by atoms with Gasteiger partial charge < -0.3 is 0 Å². The van der Waals surface area contributed by atoms with Crippen LogP contribution in [0.15, 0.2) is 4.34 Å². The van der Waals surface area contributed by atoms with Gasteiger partial charge in [-0.05, 0) is 6.92 Å². The molecule has 0 saturated carbocycles. The molecule has 12 heavy (non-hydrogen) atoms. The molecule has 0 bridgehead atoms. The van der Waals surface area contributed by atoms with Gasteiger partial charge in [-0.15, -0.1) is 21.8 Å². The van der Waals surface area contributed by atoms with Gasteiger partial charge in [0.15, 0.2) is 0 Å². The van der Waals surface area contributed by atoms with Crippen LogP contribution in [0.1, 0.15) is 17.3 Å². The highest BCUT2D eigenvalue weighted by molar-refractivity contribution is 7.92. The SMILES string of the molecule is CC(Cl)c1nnc(S(C)(=O)=O)s1. The zero-order chi connectivity index (χ0) is 9.35. The Balaban J connectivity index is 3.09. The summed E-state index contributed by atoms with van der Waals surface area (Å²) in [7, 11) is -3.23. The lowest BCUT2D eigenvalue weighted by atomic mass is 10.5. The maximum Gasteiger partial charge on any atom is 0.232 e. The van der Waals surface area contributed by atoms with Crippen LogP contribution in [0.2, 0.25) is 0 Å². The van der Waals surface area contributed by atoms with Gasteiger partial charge in [-0.2, -0.15) is 0 Å². The van der Waals surface area contributed by atoms with Crippen LogP contribution in [0.5, 0.6) is 0 Å². The summed E-state index contributed by atoms with van der Waals surface area (Å²) >= 11 is 6.69. The van der Waals surface area contributed by atoms with E-state index in [0.29, 0.717) is 5.01 Å². The van der Waals surface area contributed by atoms with E-state index < -0.39 is 9.84 Å². The summed E-state index contributed by atoms with van der Waals surface area (Å²) in [5, 5.41) is 7.38. The fourth-order valence-corrected chi connectivity index (χ4v) is 2.26. The summed E-state index contributed by atoms with van der Waals surface area (Å²) in [6, 6.07) is 0. The molecule has 1 aromatic heterocycles. The van der Waals surface area contributed by atoms with Crippen molar-refractivity contribution in [2.24, 2.45) is 0 Å². The topological polar surface area (TPSA) is 59.9 Å². The minimum Gasteiger partial charge on any atom is -0.221 e. The Morgan fingerprint density at radius 1 is 1.50 bits per heavy atom. The number of hydrogen-bond acceptors (Lipinski definition) is 5. The smallest absolute Gasteiger partial charge is 0.221 e. The molecule has 0 radical (unpaired) electrons. The van der Waals surface area contributed by atoms with Crippen molar-refractivity contribution in [3.8, 4) is 0 Å². The van der Waals surface area contributed by atoms with Gasteiger partial charge in [0.2, 0.25) is 14.2 Å². The normalized spacial score (nSPS) is 14.6. The Morgan fingerprint density at radius 2 is 2.08 bits per heavy atom. The molecule has 1 rings (SSSR count). The van der Waals surface area contributed by atoms with E-state index in [1.165, 1.54) is 0 Å². The van der Waals surface area contributed by atoms with Crippen molar-refractivity contribution in [1.82, 2.24) is 10.2 Å². The number of halogens is 1. The lowest BCUT2D eigenvalue weighted by molar-refractivity contribution is 0.600. The van der Waals surface area contributed by atoms with Crippen LogP contribution in [0.3, 0.4) is 0 Å². The van der Waals surface area contributed by atoms with Gasteiger partial charge in [0.05, 0.1) is 5.38 Å². The number of aromatic nitrogens is 2. The van der Waals surface area contributed by atoms with Crippen molar-refractivity contribution >= 4 is 32.8 Å². The van der Waals surface area contributed by atoms with Gasteiger partial charge in [-0.1, -0.05) is 11.3 Å². The summed E-state index contributed by atoms with van der Waals surface area (Å²) < 4.78 is 21.9. The summed E-state index contributed by atoms with van der Waals surface area (Å²) in [5.41, 5.74) is 0. The van der Waals surface area contributed by atoms with E-state index in [0.717, 1.165) is 17.6 Å². The molecule has 0 aliphatic heterocycles. The van der Waals surface area contributed by atoms with Gasteiger partial charge in [0.1, 0.15) is 5.01 Å². The lowest BCUT2D eigenvalue weighted by Gasteiger charge is -1.90. The molecule has 0 aromatic carbocycles. The number of alkyl halides is 1. The highest BCUT2D eigenvalue weighted by Crippen LogP contribution is 2.24. The molecule has 4 nitrogen and oxygen atoms in total. The Morgan fingerprint density at radius 3 is 2.33 bits per heavy atom. The van der Waals surface area contributed by atoms with E-state index in [4.69, 9.17) is 11.6 Å². The zero-order valence-corrected chi connectivity index (χ0v) is 8.87. The molecule has 68 valence electrons. The lowest BCUT2D eigenvalue weighted by Crippen LogP contribution is -1.95. The Kier molecular flexibility index (Phi) is 2.70. The third-order valence-electron chi connectivity index (χ3n) is 1.08. The number of rotatable bonds is 2. The number of nitrogens with zero attached hydrogens (tertiary/aromatic N) is 2. The van der Waals surface area contributed by atoms with E-state index in [2.05, 4.69) is 10.2 Å². The predicted octanol–water partition coefficient (Wildman–Crippen LogP) is 1.24. The van der Waals surface area contributed by atoms with Crippen LogP contribution in [0.4, 0.5) is 0 Å². The molecule has 0 aliphatic carbocycles. The van der Waals surface area contributed by atoms with Gasteiger partial charge in [-0.25, -0.2) is 8.42 Å². The molecule has 0 N–H and O–H groups in total. The molecule has 1 atom stereocenters. The minimum absolute atomic E-state index is 0.0185. The molecule has 0 spiro atoms. The fourth-order valence-electron chi connectivity index (χ4n) is 0.531. The zero-order valence-electron chi connectivity index (χ0n) is 6.48. The van der Waals surface area contributed by atoms with Crippen molar-refractivity contribution < 1.29 is 8.42 Å². The van der Waals surface area contributed by atoms with Crippen LogP contribution in [0, 0.1) is 0 Å². The van der Waals surface area contributed by atoms with E-state index >= 15 is 0 Å². The van der Waals surface area contributed by atoms with E-state index in [1.54, 1.807) is 6.92 Å². The molecule has 1 aromatic rings. The van der Waals surface area contributed by atoms with E-state index in [9.17, 15) is 8.42 Å². The highest BCUT2D eigenvalue weighted by atomic mass is 35.5. The van der Waals surface area contributed by atoms with Crippen LogP contribution in [-0.2, 0) is 9.84 Å². The van der Waals surface area contributed by atoms with Crippen LogP contribution in [0.25, 0.3) is 0 Å². The Bertz CT molecular complexity index is 371. The van der Waals surface area contributed by atoms with Gasteiger partial charge in [-0.3, -0.25) is 0 Å². The molecule has 0 amide bonds. The predicted molar refractivity (Wildman–Crippen MR) is 47.3 cm³/mol. The average molecular weight is 227 g/mol. The van der Waals surface area contributed by atoms with Crippen LogP contribution in [-0.4, -0.2) is 24.9 Å². The van der Waals surface area contributed by atoms with Crippen LogP contribution < -0.4 is 0 Å². The first-order valence-electron chi connectivity index (χ1n) is 3.09. The summed E-state index contributed by atoms with van der Waals surface area (Å²) in [4.78, 5) is 0. The third kappa shape index (κ3) is 2.15. The monoisotopic (exact) mass is 226 g/mol. The summed E-state index contributed by atoms with van der Waals surface area (Å²) in [6.07, 6.45) is 1.09. The third-order valence-corrected chi connectivity index (χ3v) is 4.19. The minimum atomic E-state index is -3.23. The quantitative estimate of drug-likeness (QED) is 0.712. The summed E-state index contributed by atoms with van der Waals surface area (Å²) in [5.74, 6) is 0. The number of hydrogen-bond donors (Lipinski definition) is 0. The van der Waals surface area contributed by atoms with E-state index in [-0.39, 0.29) is 9.72 Å². The first-order valence-corrected chi connectivity index (χ1v) is 6.23. The Hall–Kier alpha value is -0.200. The second-order valence-corrected chi connectivity index (χ2v) is 6.15. The standard InChI is InChI=1S/C5H7ClN2O2S2/c1-3(6)4-7-8-5(11-4)12(2,9)10/h3H,1-2H3.